The zero-order chi connectivity index (χ0) is 19.1. The van der Waals surface area contributed by atoms with E-state index in [0.29, 0.717) is 19.3 Å². The highest BCUT2D eigenvalue weighted by Gasteiger charge is 2.39. The largest absolute Gasteiger partial charge is 0.481 e. The molecule has 0 aliphatic carbocycles. The molecule has 6 nitrogen and oxygen atoms in total. The van der Waals surface area contributed by atoms with E-state index in [1.165, 1.54) is 0 Å². The molecule has 2 atom stereocenters. The van der Waals surface area contributed by atoms with E-state index in [-0.39, 0.29) is 12.8 Å². The van der Waals surface area contributed by atoms with Crippen LogP contribution in [0.25, 0.3) is 0 Å². The quantitative estimate of drug-likeness (QED) is 0.295. The average Bonchev–Trinajstić information content (AvgIpc) is 2.56. The minimum atomic E-state index is -1.00. The van der Waals surface area contributed by atoms with Crippen molar-refractivity contribution in [2.75, 3.05) is 6.61 Å². The second-order valence-corrected chi connectivity index (χ2v) is 7.10. The zero-order valence-electron chi connectivity index (χ0n) is 15.6. The molecular weight excluding hydrogens is 324 g/mol. The van der Waals surface area contributed by atoms with E-state index in [4.69, 9.17) is 10.2 Å². The van der Waals surface area contributed by atoms with Gasteiger partial charge in [-0.25, -0.2) is 0 Å². The molecule has 0 aliphatic rings. The maximum Gasteiger partial charge on any atom is 0.309 e. The van der Waals surface area contributed by atoms with Crippen LogP contribution in [0.3, 0.4) is 0 Å². The first-order chi connectivity index (χ1) is 11.9. The summed E-state index contributed by atoms with van der Waals surface area (Å²) in [5.74, 6) is -1.67. The number of carboxylic acid groups (broad SMARTS) is 2. The molecule has 0 radical (unpaired) electrons. The van der Waals surface area contributed by atoms with Crippen molar-refractivity contribution in [1.82, 2.24) is 0 Å². The summed E-state index contributed by atoms with van der Waals surface area (Å²) in [4.78, 5) is 22.4. The molecule has 0 aromatic carbocycles. The average molecular weight is 360 g/mol. The molecule has 0 fully saturated rings. The fraction of sp³-hybridized carbons (Fsp3) is 0.895. The van der Waals surface area contributed by atoms with E-state index < -0.39 is 30.1 Å². The molecule has 0 aromatic rings. The van der Waals surface area contributed by atoms with E-state index in [1.54, 1.807) is 0 Å². The molecule has 0 rings (SSSR count). The van der Waals surface area contributed by atoms with E-state index in [1.807, 2.05) is 0 Å². The molecule has 0 aliphatic heterocycles. The first-order valence-electron chi connectivity index (χ1n) is 9.62. The van der Waals surface area contributed by atoms with Gasteiger partial charge >= 0.3 is 11.9 Å². The number of hydrogen-bond acceptors (Lipinski definition) is 4. The third-order valence-electron chi connectivity index (χ3n) is 4.85. The summed E-state index contributed by atoms with van der Waals surface area (Å²) in [6.07, 6.45) is 8.21. The van der Waals surface area contributed by atoms with Crippen molar-refractivity contribution in [3.8, 4) is 0 Å². The van der Waals surface area contributed by atoms with Gasteiger partial charge in [-0.3, -0.25) is 9.59 Å². The predicted octanol–water partition coefficient (Wildman–Crippen LogP) is 3.59. The standard InChI is InChI=1S/C19H36O6/c1-2-3-4-9-12-19(18(24)25,14-16(21)15-20)13-10-7-5-6-8-11-17(22)23/h16,20-21H,2-15H2,1H3,(H,22,23)(H,24,25). The lowest BCUT2D eigenvalue weighted by molar-refractivity contribution is -0.153. The number of aliphatic hydroxyl groups excluding tert-OH is 2. The van der Waals surface area contributed by atoms with Crippen molar-refractivity contribution in [2.24, 2.45) is 5.41 Å². The van der Waals surface area contributed by atoms with Gasteiger partial charge in [0, 0.05) is 6.42 Å². The summed E-state index contributed by atoms with van der Waals surface area (Å²) < 4.78 is 0. The van der Waals surface area contributed by atoms with Gasteiger partial charge in [0.1, 0.15) is 0 Å². The van der Waals surface area contributed by atoms with Crippen LogP contribution in [-0.2, 0) is 9.59 Å². The molecule has 0 amide bonds. The molecule has 0 saturated carbocycles. The molecule has 2 unspecified atom stereocenters. The number of hydrogen-bond donors (Lipinski definition) is 4. The summed E-state index contributed by atoms with van der Waals surface area (Å²) in [6.45, 7) is 1.68. The molecule has 148 valence electrons. The van der Waals surface area contributed by atoms with Crippen molar-refractivity contribution < 1.29 is 30.0 Å². The summed E-state index contributed by atoms with van der Waals surface area (Å²) in [7, 11) is 0. The number of rotatable bonds is 17. The van der Waals surface area contributed by atoms with Crippen LogP contribution in [0.1, 0.15) is 90.4 Å². The number of aliphatic carboxylic acids is 2. The summed E-state index contributed by atoms with van der Waals surface area (Å²) in [5, 5.41) is 37.3. The Labute approximate surface area is 151 Å². The molecule has 0 heterocycles. The van der Waals surface area contributed by atoms with Crippen molar-refractivity contribution in [3.63, 3.8) is 0 Å². The van der Waals surface area contributed by atoms with Crippen LogP contribution in [0.2, 0.25) is 0 Å². The fourth-order valence-electron chi connectivity index (χ4n) is 3.31. The highest BCUT2D eigenvalue weighted by molar-refractivity contribution is 5.74. The number of aliphatic hydroxyl groups is 2. The minimum Gasteiger partial charge on any atom is -0.481 e. The molecule has 4 N–H and O–H groups in total. The first-order valence-corrected chi connectivity index (χ1v) is 9.62. The first kappa shape index (κ1) is 23.9. The van der Waals surface area contributed by atoms with E-state index in [2.05, 4.69) is 6.92 Å². The lowest BCUT2D eigenvalue weighted by atomic mass is 9.74. The molecular formula is C19H36O6. The second-order valence-electron chi connectivity index (χ2n) is 7.10. The lowest BCUT2D eigenvalue weighted by Gasteiger charge is -2.31. The van der Waals surface area contributed by atoms with Crippen LogP contribution in [0.15, 0.2) is 0 Å². The molecule has 25 heavy (non-hydrogen) atoms. The Morgan fingerprint density at radius 3 is 1.88 bits per heavy atom. The Bertz CT molecular complexity index is 371. The van der Waals surface area contributed by atoms with Gasteiger partial charge in [0.25, 0.3) is 0 Å². The Morgan fingerprint density at radius 2 is 1.40 bits per heavy atom. The van der Waals surface area contributed by atoms with Gasteiger partial charge in [-0.1, -0.05) is 58.3 Å². The van der Waals surface area contributed by atoms with Gasteiger partial charge < -0.3 is 20.4 Å². The van der Waals surface area contributed by atoms with Crippen LogP contribution in [0.5, 0.6) is 0 Å². The molecule has 0 saturated heterocycles. The Hall–Kier alpha value is -1.14. The van der Waals surface area contributed by atoms with Crippen LogP contribution >= 0.6 is 0 Å². The fourth-order valence-corrected chi connectivity index (χ4v) is 3.31. The van der Waals surface area contributed by atoms with Gasteiger partial charge in [-0.2, -0.15) is 0 Å². The van der Waals surface area contributed by atoms with Gasteiger partial charge in [0.2, 0.25) is 0 Å². The topological polar surface area (TPSA) is 115 Å². The van der Waals surface area contributed by atoms with Crippen molar-refractivity contribution in [2.45, 2.75) is 96.5 Å². The summed E-state index contributed by atoms with van der Waals surface area (Å²) in [5.41, 5.74) is -0.975. The maximum absolute atomic E-state index is 11.9. The van der Waals surface area contributed by atoms with Gasteiger partial charge in [0.15, 0.2) is 0 Å². The highest BCUT2D eigenvalue weighted by Crippen LogP contribution is 2.37. The van der Waals surface area contributed by atoms with Crippen molar-refractivity contribution in [3.05, 3.63) is 0 Å². The molecule has 0 aromatic heterocycles. The highest BCUT2D eigenvalue weighted by atomic mass is 16.4. The molecule has 0 spiro atoms. The van der Waals surface area contributed by atoms with E-state index >= 15 is 0 Å². The maximum atomic E-state index is 11.9. The van der Waals surface area contributed by atoms with Gasteiger partial charge in [-0.15, -0.1) is 0 Å². The lowest BCUT2D eigenvalue weighted by Crippen LogP contribution is -2.36. The Kier molecular flexibility index (Phi) is 13.4. The van der Waals surface area contributed by atoms with Crippen molar-refractivity contribution in [1.29, 1.82) is 0 Å². The van der Waals surface area contributed by atoms with Crippen molar-refractivity contribution >= 4 is 11.9 Å². The van der Waals surface area contributed by atoms with E-state index in [9.17, 15) is 19.8 Å². The Balaban J connectivity index is 4.48. The van der Waals surface area contributed by atoms with Crippen LogP contribution < -0.4 is 0 Å². The number of carbonyl (C=O) groups is 2. The molecule has 0 bridgehead atoms. The van der Waals surface area contributed by atoms with Gasteiger partial charge in [-0.05, 0) is 25.7 Å². The minimum absolute atomic E-state index is 0.0873. The molecule has 6 heteroatoms. The second kappa shape index (κ2) is 14.1. The number of unbranched alkanes of at least 4 members (excludes halogenated alkanes) is 7. The monoisotopic (exact) mass is 360 g/mol. The Morgan fingerprint density at radius 1 is 0.880 bits per heavy atom. The third kappa shape index (κ3) is 11.2. The van der Waals surface area contributed by atoms with Crippen LogP contribution in [-0.4, -0.2) is 45.1 Å². The van der Waals surface area contributed by atoms with E-state index in [0.717, 1.165) is 51.4 Å². The SMILES string of the molecule is CCCCCCC(CCCCCCCC(=O)O)(CC(O)CO)C(=O)O. The predicted molar refractivity (Wildman–Crippen MR) is 96.5 cm³/mol. The normalized spacial score (nSPS) is 14.8. The number of carboxylic acids is 2. The third-order valence-corrected chi connectivity index (χ3v) is 4.85. The zero-order valence-corrected chi connectivity index (χ0v) is 15.6. The van der Waals surface area contributed by atoms with Crippen LogP contribution in [0, 0.1) is 5.41 Å². The van der Waals surface area contributed by atoms with Crippen LogP contribution in [0.4, 0.5) is 0 Å². The summed E-state index contributed by atoms with van der Waals surface area (Å²) >= 11 is 0. The summed E-state index contributed by atoms with van der Waals surface area (Å²) in [6, 6.07) is 0. The smallest absolute Gasteiger partial charge is 0.309 e. The van der Waals surface area contributed by atoms with Gasteiger partial charge in [0.05, 0.1) is 18.1 Å².